The number of anilines is 1. The van der Waals surface area contributed by atoms with Crippen molar-refractivity contribution in [3.8, 4) is 0 Å². The van der Waals surface area contributed by atoms with Gasteiger partial charge in [-0.05, 0) is 46.9 Å². The van der Waals surface area contributed by atoms with Crippen molar-refractivity contribution in [3.63, 3.8) is 0 Å². The summed E-state index contributed by atoms with van der Waals surface area (Å²) in [6.45, 7) is 0. The molecule has 0 bridgehead atoms. The molecule has 0 spiro atoms. The fourth-order valence-electron chi connectivity index (χ4n) is 1.60. The molecule has 2 aromatic carbocycles. The van der Waals surface area contributed by atoms with Gasteiger partial charge in [-0.25, -0.2) is 4.39 Å². The number of nitrogens with one attached hydrogen (secondary N) is 1. The molecular formula is C13H8FIN2O3. The molecule has 0 saturated heterocycles. The van der Waals surface area contributed by atoms with Crippen LogP contribution < -0.4 is 5.32 Å². The first-order valence-corrected chi connectivity index (χ1v) is 6.56. The van der Waals surface area contributed by atoms with Gasteiger partial charge in [-0.2, -0.15) is 0 Å². The lowest BCUT2D eigenvalue weighted by molar-refractivity contribution is -0.383. The number of halogens is 2. The van der Waals surface area contributed by atoms with Crippen LogP contribution in [0.25, 0.3) is 0 Å². The summed E-state index contributed by atoms with van der Waals surface area (Å²) in [6, 6.07) is 9.54. The molecule has 1 N–H and O–H groups in total. The minimum absolute atomic E-state index is 0.0997. The number of hydrogen-bond donors (Lipinski definition) is 1. The summed E-state index contributed by atoms with van der Waals surface area (Å²) in [4.78, 5) is 22.3. The number of carbonyl (C=O) groups excluding carboxylic acids is 1. The van der Waals surface area contributed by atoms with E-state index in [4.69, 9.17) is 0 Å². The number of rotatable bonds is 3. The van der Waals surface area contributed by atoms with Gasteiger partial charge in [0.1, 0.15) is 11.5 Å². The van der Waals surface area contributed by atoms with Crippen molar-refractivity contribution in [1.29, 1.82) is 0 Å². The first kappa shape index (κ1) is 14.4. The molecule has 5 nitrogen and oxygen atoms in total. The summed E-state index contributed by atoms with van der Waals surface area (Å²) in [6.07, 6.45) is 0. The molecule has 7 heteroatoms. The second kappa shape index (κ2) is 5.95. The highest BCUT2D eigenvalue weighted by Crippen LogP contribution is 2.24. The van der Waals surface area contributed by atoms with E-state index >= 15 is 0 Å². The molecule has 20 heavy (non-hydrogen) atoms. The Labute approximate surface area is 127 Å². The van der Waals surface area contributed by atoms with Crippen LogP contribution in [0.1, 0.15) is 10.4 Å². The normalized spacial score (nSPS) is 10.1. The van der Waals surface area contributed by atoms with Gasteiger partial charge in [-0.1, -0.05) is 12.1 Å². The third-order valence-corrected chi connectivity index (χ3v) is 3.42. The van der Waals surface area contributed by atoms with E-state index in [0.29, 0.717) is 3.57 Å². The molecule has 2 aromatic rings. The SMILES string of the molecule is O=C(Nc1ccccc1[N+](=O)[O-])c1ccc(F)cc1I. The highest BCUT2D eigenvalue weighted by molar-refractivity contribution is 14.1. The largest absolute Gasteiger partial charge is 0.316 e. The van der Waals surface area contributed by atoms with E-state index in [9.17, 15) is 19.3 Å². The molecule has 2 rings (SSSR count). The number of hydrogen-bond acceptors (Lipinski definition) is 3. The van der Waals surface area contributed by atoms with E-state index in [0.717, 1.165) is 6.07 Å². The second-order valence-electron chi connectivity index (χ2n) is 3.85. The summed E-state index contributed by atoms with van der Waals surface area (Å²) in [5, 5.41) is 13.3. The number of para-hydroxylation sites is 2. The van der Waals surface area contributed by atoms with Gasteiger partial charge in [0.15, 0.2) is 0 Å². The molecule has 0 atom stereocenters. The van der Waals surface area contributed by atoms with E-state index in [1.807, 2.05) is 22.6 Å². The third-order valence-electron chi connectivity index (χ3n) is 2.52. The summed E-state index contributed by atoms with van der Waals surface area (Å²) < 4.78 is 13.4. The molecule has 0 fully saturated rings. The highest BCUT2D eigenvalue weighted by Gasteiger charge is 2.17. The molecule has 0 radical (unpaired) electrons. The summed E-state index contributed by atoms with van der Waals surface area (Å²) in [5.41, 5.74) is 0.158. The first-order chi connectivity index (χ1) is 9.49. The Bertz CT molecular complexity index is 691. The Morgan fingerprint density at radius 2 is 1.95 bits per heavy atom. The van der Waals surface area contributed by atoms with Crippen LogP contribution in [-0.4, -0.2) is 10.8 Å². The Kier molecular flexibility index (Phi) is 4.28. The molecule has 102 valence electrons. The van der Waals surface area contributed by atoms with E-state index in [1.54, 1.807) is 6.07 Å². The van der Waals surface area contributed by atoms with Crippen molar-refractivity contribution in [2.75, 3.05) is 5.32 Å². The smallest absolute Gasteiger partial charge is 0.292 e. The molecule has 0 aliphatic heterocycles. The average molecular weight is 386 g/mol. The fraction of sp³-hybridized carbons (Fsp3) is 0. The highest BCUT2D eigenvalue weighted by atomic mass is 127. The van der Waals surface area contributed by atoms with Crippen molar-refractivity contribution in [1.82, 2.24) is 0 Å². The topological polar surface area (TPSA) is 72.2 Å². The van der Waals surface area contributed by atoms with Crippen molar-refractivity contribution >= 4 is 39.9 Å². The number of nitrogens with zero attached hydrogens (tertiary/aromatic N) is 1. The van der Waals surface area contributed by atoms with Gasteiger partial charge < -0.3 is 5.32 Å². The first-order valence-electron chi connectivity index (χ1n) is 5.49. The van der Waals surface area contributed by atoms with Crippen molar-refractivity contribution < 1.29 is 14.1 Å². The summed E-state index contributed by atoms with van der Waals surface area (Å²) in [7, 11) is 0. The second-order valence-corrected chi connectivity index (χ2v) is 5.01. The zero-order chi connectivity index (χ0) is 14.7. The quantitative estimate of drug-likeness (QED) is 0.498. The lowest BCUT2D eigenvalue weighted by Crippen LogP contribution is -2.14. The van der Waals surface area contributed by atoms with Crippen LogP contribution >= 0.6 is 22.6 Å². The molecule has 0 heterocycles. The van der Waals surface area contributed by atoms with Gasteiger partial charge in [0, 0.05) is 9.64 Å². The van der Waals surface area contributed by atoms with Gasteiger partial charge in [-0.15, -0.1) is 0 Å². The monoisotopic (exact) mass is 386 g/mol. The summed E-state index contributed by atoms with van der Waals surface area (Å²) >= 11 is 1.83. The van der Waals surface area contributed by atoms with E-state index < -0.39 is 16.6 Å². The van der Waals surface area contributed by atoms with Crippen molar-refractivity contribution in [2.45, 2.75) is 0 Å². The molecule has 0 aliphatic carbocycles. The molecule has 1 amide bonds. The fourth-order valence-corrected chi connectivity index (χ4v) is 2.32. The predicted octanol–water partition coefficient (Wildman–Crippen LogP) is 3.59. The Morgan fingerprint density at radius 3 is 2.60 bits per heavy atom. The van der Waals surface area contributed by atoms with Crippen LogP contribution in [0.2, 0.25) is 0 Å². The van der Waals surface area contributed by atoms with Gasteiger partial charge in [0.2, 0.25) is 0 Å². The van der Waals surface area contributed by atoms with Crippen LogP contribution in [-0.2, 0) is 0 Å². The Hall–Kier alpha value is -2.03. The molecule has 0 unspecified atom stereocenters. The van der Waals surface area contributed by atoms with Crippen LogP contribution in [0.3, 0.4) is 0 Å². The van der Waals surface area contributed by atoms with Gasteiger partial charge in [0.25, 0.3) is 11.6 Å². The van der Waals surface area contributed by atoms with E-state index in [-0.39, 0.29) is 16.9 Å². The lowest BCUT2D eigenvalue weighted by atomic mass is 10.2. The van der Waals surface area contributed by atoms with Gasteiger partial charge in [0.05, 0.1) is 10.5 Å². The zero-order valence-electron chi connectivity index (χ0n) is 9.97. The van der Waals surface area contributed by atoms with Crippen LogP contribution in [0, 0.1) is 19.5 Å². The molecular weight excluding hydrogens is 378 g/mol. The predicted molar refractivity (Wildman–Crippen MR) is 80.2 cm³/mol. The number of benzene rings is 2. The summed E-state index contributed by atoms with van der Waals surface area (Å²) in [5.74, 6) is -0.972. The number of nitro groups is 1. The Balaban J connectivity index is 2.30. The van der Waals surface area contributed by atoms with E-state index in [1.165, 1.54) is 30.3 Å². The minimum atomic E-state index is -0.578. The van der Waals surface area contributed by atoms with Crippen LogP contribution in [0.15, 0.2) is 42.5 Å². The maximum absolute atomic E-state index is 13.0. The standard InChI is InChI=1S/C13H8FIN2O3/c14-8-5-6-9(10(15)7-8)13(18)16-11-3-1-2-4-12(11)17(19)20/h1-7H,(H,16,18). The van der Waals surface area contributed by atoms with Crippen molar-refractivity contribution in [2.24, 2.45) is 0 Å². The van der Waals surface area contributed by atoms with Gasteiger partial charge in [-0.3, -0.25) is 14.9 Å². The van der Waals surface area contributed by atoms with Crippen LogP contribution in [0.4, 0.5) is 15.8 Å². The van der Waals surface area contributed by atoms with Gasteiger partial charge >= 0.3 is 0 Å². The average Bonchev–Trinajstić information content (AvgIpc) is 2.38. The molecule has 0 saturated carbocycles. The molecule has 0 aromatic heterocycles. The van der Waals surface area contributed by atoms with Crippen LogP contribution in [0.5, 0.6) is 0 Å². The zero-order valence-corrected chi connectivity index (χ0v) is 12.1. The third kappa shape index (κ3) is 3.10. The lowest BCUT2D eigenvalue weighted by Gasteiger charge is -2.07. The van der Waals surface area contributed by atoms with E-state index in [2.05, 4.69) is 5.32 Å². The maximum atomic E-state index is 13.0. The number of carbonyl (C=O) groups is 1. The van der Waals surface area contributed by atoms with Crippen molar-refractivity contribution in [3.05, 3.63) is 67.5 Å². The number of nitro benzene ring substituents is 1. The maximum Gasteiger partial charge on any atom is 0.292 e. The minimum Gasteiger partial charge on any atom is -0.316 e. The molecule has 0 aliphatic rings. The Morgan fingerprint density at radius 1 is 1.25 bits per heavy atom. The number of amides is 1.